The molecule has 1 saturated carbocycles. The maximum absolute atomic E-state index is 13.0. The molecule has 4 atom stereocenters. The van der Waals surface area contributed by atoms with Gasteiger partial charge in [0.1, 0.15) is 5.75 Å². The minimum Gasteiger partial charge on any atom is -0.426 e. The number of hydrogen-bond donors (Lipinski definition) is 0. The van der Waals surface area contributed by atoms with Crippen molar-refractivity contribution in [2.45, 2.75) is 39.5 Å². The van der Waals surface area contributed by atoms with Crippen molar-refractivity contribution < 1.29 is 23.9 Å². The quantitative estimate of drug-likeness (QED) is 0.393. The molecular formula is C27H28N2O5. The fraction of sp³-hybridized carbons (Fsp3) is 0.407. The summed E-state index contributed by atoms with van der Waals surface area (Å²) in [5.41, 5.74) is 2.27. The maximum Gasteiger partial charge on any atom is 0.316 e. The van der Waals surface area contributed by atoms with Crippen LogP contribution in [-0.2, 0) is 19.2 Å². The van der Waals surface area contributed by atoms with E-state index in [-0.39, 0.29) is 48.3 Å². The van der Waals surface area contributed by atoms with Gasteiger partial charge in [0.15, 0.2) is 0 Å². The van der Waals surface area contributed by atoms with E-state index in [9.17, 15) is 19.2 Å². The number of amides is 3. The van der Waals surface area contributed by atoms with Crippen molar-refractivity contribution in [2.75, 3.05) is 16.3 Å². The van der Waals surface area contributed by atoms with Gasteiger partial charge in [-0.3, -0.25) is 19.2 Å². The summed E-state index contributed by atoms with van der Waals surface area (Å²) in [5, 5.41) is 0. The molecule has 7 nitrogen and oxygen atoms in total. The van der Waals surface area contributed by atoms with Crippen LogP contribution in [0, 0.1) is 30.6 Å². The monoisotopic (exact) mass is 460 g/mol. The van der Waals surface area contributed by atoms with Crippen LogP contribution in [0.15, 0.2) is 48.5 Å². The van der Waals surface area contributed by atoms with Gasteiger partial charge < -0.3 is 9.64 Å². The average molecular weight is 461 g/mol. The molecule has 0 spiro atoms. The highest BCUT2D eigenvalue weighted by Crippen LogP contribution is 2.42. The summed E-state index contributed by atoms with van der Waals surface area (Å²) in [6.45, 7) is 4.34. The molecule has 34 heavy (non-hydrogen) atoms. The molecule has 2 saturated heterocycles. The summed E-state index contributed by atoms with van der Waals surface area (Å²) in [5.74, 6) is -1.37. The molecule has 2 aromatic rings. The van der Waals surface area contributed by atoms with Crippen LogP contribution in [0.2, 0.25) is 0 Å². The zero-order chi connectivity index (χ0) is 24.0. The third-order valence-corrected chi connectivity index (χ3v) is 7.29. The largest absolute Gasteiger partial charge is 0.426 e. The van der Waals surface area contributed by atoms with Crippen molar-refractivity contribution in [1.82, 2.24) is 0 Å². The standard InChI is InChI=1S/C27H28N2O5/c1-16-6-9-19(10-7-16)28-15-18(13-24(28)30)27(33)34-21-5-3-4-20(14-21)29-25(31)22-11-8-17(2)12-23(22)26(29)32/h3-7,9-10,14,17-18,22-23H,8,11-13,15H2,1-2H3. The average Bonchev–Trinajstić information content (AvgIpc) is 3.32. The van der Waals surface area contributed by atoms with Gasteiger partial charge in [-0.25, -0.2) is 4.90 Å². The van der Waals surface area contributed by atoms with E-state index in [2.05, 4.69) is 6.92 Å². The maximum atomic E-state index is 13.0. The molecule has 3 fully saturated rings. The number of anilines is 2. The lowest BCUT2D eigenvalue weighted by Gasteiger charge is -2.25. The van der Waals surface area contributed by atoms with Gasteiger partial charge in [0.05, 0.1) is 23.4 Å². The molecule has 3 amide bonds. The lowest BCUT2D eigenvalue weighted by Crippen LogP contribution is -2.31. The molecule has 0 aromatic heterocycles. The van der Waals surface area contributed by atoms with E-state index in [1.165, 1.54) is 4.90 Å². The first kappa shape index (κ1) is 22.3. The number of esters is 1. The van der Waals surface area contributed by atoms with E-state index < -0.39 is 11.9 Å². The minimum absolute atomic E-state index is 0.0804. The smallest absolute Gasteiger partial charge is 0.316 e. The Hall–Kier alpha value is -3.48. The van der Waals surface area contributed by atoms with Crippen molar-refractivity contribution >= 4 is 35.1 Å². The molecule has 5 rings (SSSR count). The molecule has 1 aliphatic carbocycles. The van der Waals surface area contributed by atoms with Crippen molar-refractivity contribution in [3.63, 3.8) is 0 Å². The van der Waals surface area contributed by atoms with Crippen LogP contribution in [0.3, 0.4) is 0 Å². The van der Waals surface area contributed by atoms with Gasteiger partial charge in [0, 0.05) is 24.7 Å². The summed E-state index contributed by atoms with van der Waals surface area (Å²) in [7, 11) is 0. The van der Waals surface area contributed by atoms with Gasteiger partial charge in [0.25, 0.3) is 0 Å². The van der Waals surface area contributed by atoms with E-state index in [0.29, 0.717) is 11.6 Å². The second kappa shape index (κ2) is 8.70. The summed E-state index contributed by atoms with van der Waals surface area (Å²) in [4.78, 5) is 54.2. The van der Waals surface area contributed by atoms with E-state index >= 15 is 0 Å². The Morgan fingerprint density at radius 1 is 0.941 bits per heavy atom. The number of fused-ring (bicyclic) bond motifs is 1. The molecule has 0 radical (unpaired) electrons. The highest BCUT2D eigenvalue weighted by atomic mass is 16.5. The Morgan fingerprint density at radius 3 is 2.44 bits per heavy atom. The molecule has 3 aliphatic rings. The number of imide groups is 1. The van der Waals surface area contributed by atoms with Crippen LogP contribution in [0.25, 0.3) is 0 Å². The molecule has 176 valence electrons. The van der Waals surface area contributed by atoms with Crippen LogP contribution < -0.4 is 14.5 Å². The topological polar surface area (TPSA) is 84.0 Å². The number of rotatable bonds is 4. The third kappa shape index (κ3) is 4.00. The van der Waals surface area contributed by atoms with Crippen LogP contribution in [0.5, 0.6) is 5.75 Å². The van der Waals surface area contributed by atoms with Gasteiger partial charge in [-0.1, -0.05) is 30.7 Å². The Balaban J connectivity index is 1.28. The molecule has 2 heterocycles. The van der Waals surface area contributed by atoms with Crippen molar-refractivity contribution in [3.8, 4) is 5.75 Å². The predicted octanol–water partition coefficient (Wildman–Crippen LogP) is 3.88. The lowest BCUT2D eigenvalue weighted by atomic mass is 9.76. The van der Waals surface area contributed by atoms with Crippen molar-refractivity contribution in [2.24, 2.45) is 23.7 Å². The van der Waals surface area contributed by atoms with Gasteiger partial charge in [-0.2, -0.15) is 0 Å². The normalized spacial score (nSPS) is 26.7. The van der Waals surface area contributed by atoms with Crippen LogP contribution >= 0.6 is 0 Å². The molecule has 2 aliphatic heterocycles. The number of carbonyl (C=O) groups excluding carboxylic acids is 4. The lowest BCUT2D eigenvalue weighted by molar-refractivity contribution is -0.139. The minimum atomic E-state index is -0.586. The Labute approximate surface area is 198 Å². The SMILES string of the molecule is Cc1ccc(N2CC(C(=O)Oc3cccc(N4C(=O)C5CCC(C)CC5C4=O)c3)CC2=O)cc1. The van der Waals surface area contributed by atoms with E-state index in [0.717, 1.165) is 30.5 Å². The number of benzene rings is 2. The Kier molecular flexibility index (Phi) is 5.71. The zero-order valence-corrected chi connectivity index (χ0v) is 19.4. The zero-order valence-electron chi connectivity index (χ0n) is 19.4. The Morgan fingerprint density at radius 2 is 1.68 bits per heavy atom. The first-order valence-corrected chi connectivity index (χ1v) is 11.9. The molecular weight excluding hydrogens is 432 g/mol. The molecule has 2 aromatic carbocycles. The molecule has 7 heteroatoms. The third-order valence-electron chi connectivity index (χ3n) is 7.29. The fourth-order valence-corrected chi connectivity index (χ4v) is 5.37. The first-order valence-electron chi connectivity index (χ1n) is 11.9. The number of nitrogens with zero attached hydrogens (tertiary/aromatic N) is 2. The molecule has 4 unspecified atom stereocenters. The van der Waals surface area contributed by atoms with Crippen molar-refractivity contribution in [1.29, 1.82) is 0 Å². The van der Waals surface area contributed by atoms with Gasteiger partial charge >= 0.3 is 5.97 Å². The first-order chi connectivity index (χ1) is 16.3. The van der Waals surface area contributed by atoms with Gasteiger partial charge in [-0.05, 0) is 56.4 Å². The fourth-order valence-electron chi connectivity index (χ4n) is 5.37. The summed E-state index contributed by atoms with van der Waals surface area (Å²) >= 11 is 0. The summed E-state index contributed by atoms with van der Waals surface area (Å²) in [6, 6.07) is 14.1. The highest BCUT2D eigenvalue weighted by molar-refractivity contribution is 6.22. The summed E-state index contributed by atoms with van der Waals surface area (Å²) < 4.78 is 5.59. The predicted molar refractivity (Wildman–Crippen MR) is 126 cm³/mol. The van der Waals surface area contributed by atoms with Gasteiger partial charge in [0.2, 0.25) is 17.7 Å². The number of aryl methyl sites for hydroxylation is 1. The van der Waals surface area contributed by atoms with E-state index in [4.69, 9.17) is 4.74 Å². The van der Waals surface area contributed by atoms with Gasteiger partial charge in [-0.15, -0.1) is 0 Å². The van der Waals surface area contributed by atoms with Crippen LogP contribution in [0.4, 0.5) is 11.4 Å². The van der Waals surface area contributed by atoms with Crippen molar-refractivity contribution in [3.05, 3.63) is 54.1 Å². The van der Waals surface area contributed by atoms with E-state index in [1.54, 1.807) is 29.2 Å². The molecule has 0 bridgehead atoms. The second-order valence-corrected chi connectivity index (χ2v) is 9.80. The number of hydrogen-bond acceptors (Lipinski definition) is 5. The number of carbonyl (C=O) groups is 4. The molecule has 0 N–H and O–H groups in total. The van der Waals surface area contributed by atoms with E-state index in [1.807, 2.05) is 31.2 Å². The number of ether oxygens (including phenoxy) is 1. The van der Waals surface area contributed by atoms with Crippen LogP contribution in [-0.4, -0.2) is 30.2 Å². The van der Waals surface area contributed by atoms with Crippen LogP contribution in [0.1, 0.15) is 38.2 Å². The summed E-state index contributed by atoms with van der Waals surface area (Å²) in [6.07, 6.45) is 2.49. The second-order valence-electron chi connectivity index (χ2n) is 9.80. The Bertz CT molecular complexity index is 1160. The highest BCUT2D eigenvalue weighted by Gasteiger charge is 2.50.